The molecule has 0 radical (unpaired) electrons. The van der Waals surface area contributed by atoms with Crippen LogP contribution in [0.2, 0.25) is 0 Å². The van der Waals surface area contributed by atoms with E-state index in [1.165, 1.54) is 6.42 Å². The molecule has 2 unspecified atom stereocenters. The Morgan fingerprint density at radius 3 is 2.53 bits per heavy atom. The molecule has 1 rings (SSSR count). The van der Waals surface area contributed by atoms with Crippen LogP contribution < -0.4 is 0 Å². The minimum atomic E-state index is -0.552. The van der Waals surface area contributed by atoms with E-state index in [0.717, 1.165) is 38.5 Å². The largest absolute Gasteiger partial charge is 0.387 e. The first-order valence-corrected chi connectivity index (χ1v) is 6.41. The summed E-state index contributed by atoms with van der Waals surface area (Å²) in [5.74, 6) is 0.644. The molecule has 1 N–H and O–H groups in total. The Morgan fingerprint density at radius 1 is 1.33 bits per heavy atom. The SMILES string of the molecule is CCC(CC)CC1(O)CCCCC1OC. The highest BCUT2D eigenvalue weighted by Gasteiger charge is 2.40. The predicted octanol–water partition coefficient (Wildman–Crippen LogP) is 3.13. The molecule has 0 aliphatic heterocycles. The van der Waals surface area contributed by atoms with Crippen LogP contribution in [0.4, 0.5) is 0 Å². The molecule has 2 heteroatoms. The topological polar surface area (TPSA) is 29.5 Å². The molecule has 0 saturated heterocycles. The fraction of sp³-hybridized carbons (Fsp3) is 1.00. The van der Waals surface area contributed by atoms with Gasteiger partial charge in [-0.3, -0.25) is 0 Å². The van der Waals surface area contributed by atoms with Gasteiger partial charge in [-0.15, -0.1) is 0 Å². The van der Waals surface area contributed by atoms with Crippen molar-refractivity contribution in [1.29, 1.82) is 0 Å². The van der Waals surface area contributed by atoms with E-state index in [0.29, 0.717) is 5.92 Å². The maximum atomic E-state index is 10.6. The summed E-state index contributed by atoms with van der Waals surface area (Å²) in [6.07, 6.45) is 7.59. The van der Waals surface area contributed by atoms with Gasteiger partial charge in [-0.05, 0) is 25.2 Å². The highest BCUT2D eigenvalue weighted by molar-refractivity contribution is 4.92. The number of methoxy groups -OCH3 is 1. The highest BCUT2D eigenvalue weighted by Crippen LogP contribution is 2.36. The summed E-state index contributed by atoms with van der Waals surface area (Å²) in [5, 5.41) is 10.6. The molecule has 1 aliphatic rings. The lowest BCUT2D eigenvalue weighted by atomic mass is 9.75. The van der Waals surface area contributed by atoms with Crippen LogP contribution in [-0.4, -0.2) is 23.9 Å². The molecule has 1 aliphatic carbocycles. The van der Waals surface area contributed by atoms with Crippen LogP contribution in [0, 0.1) is 5.92 Å². The molecule has 0 bridgehead atoms. The van der Waals surface area contributed by atoms with Crippen LogP contribution in [0.5, 0.6) is 0 Å². The van der Waals surface area contributed by atoms with Crippen molar-refractivity contribution in [2.24, 2.45) is 5.92 Å². The van der Waals surface area contributed by atoms with E-state index in [1.807, 2.05) is 0 Å². The quantitative estimate of drug-likeness (QED) is 0.762. The standard InChI is InChI=1S/C13H26O2/c1-4-11(5-2)10-13(14)9-7-6-8-12(13)15-3/h11-12,14H,4-10H2,1-3H3. The number of ether oxygens (including phenoxy) is 1. The van der Waals surface area contributed by atoms with E-state index >= 15 is 0 Å². The molecule has 2 atom stereocenters. The lowest BCUT2D eigenvalue weighted by Gasteiger charge is -2.41. The van der Waals surface area contributed by atoms with Gasteiger partial charge in [0.15, 0.2) is 0 Å². The number of rotatable bonds is 5. The Labute approximate surface area is 94.0 Å². The molecule has 0 aromatic carbocycles. The van der Waals surface area contributed by atoms with Crippen LogP contribution >= 0.6 is 0 Å². The van der Waals surface area contributed by atoms with E-state index in [1.54, 1.807) is 7.11 Å². The summed E-state index contributed by atoms with van der Waals surface area (Å²) in [5.41, 5.74) is -0.552. The maximum Gasteiger partial charge on any atom is 0.0910 e. The van der Waals surface area contributed by atoms with E-state index in [2.05, 4.69) is 13.8 Å². The molecular formula is C13H26O2. The molecule has 15 heavy (non-hydrogen) atoms. The van der Waals surface area contributed by atoms with E-state index in [-0.39, 0.29) is 6.10 Å². The summed E-state index contributed by atoms with van der Waals surface area (Å²) >= 11 is 0. The zero-order valence-electron chi connectivity index (χ0n) is 10.5. The summed E-state index contributed by atoms with van der Waals surface area (Å²) in [7, 11) is 1.73. The van der Waals surface area contributed by atoms with Gasteiger partial charge in [-0.2, -0.15) is 0 Å². The first kappa shape index (κ1) is 13.0. The first-order chi connectivity index (χ1) is 7.16. The van der Waals surface area contributed by atoms with Crippen LogP contribution in [0.15, 0.2) is 0 Å². The Hall–Kier alpha value is -0.0800. The van der Waals surface area contributed by atoms with Gasteiger partial charge >= 0.3 is 0 Å². The van der Waals surface area contributed by atoms with Gasteiger partial charge in [0.2, 0.25) is 0 Å². The number of hydrogen-bond donors (Lipinski definition) is 1. The van der Waals surface area contributed by atoms with Gasteiger partial charge in [-0.25, -0.2) is 0 Å². The smallest absolute Gasteiger partial charge is 0.0910 e. The molecular weight excluding hydrogens is 188 g/mol. The third kappa shape index (κ3) is 3.18. The van der Waals surface area contributed by atoms with E-state index in [9.17, 15) is 5.11 Å². The number of hydrogen-bond acceptors (Lipinski definition) is 2. The lowest BCUT2D eigenvalue weighted by molar-refractivity contribution is -0.128. The molecule has 0 aromatic heterocycles. The Kier molecular flexibility index (Phi) is 5.07. The van der Waals surface area contributed by atoms with Gasteiger partial charge < -0.3 is 9.84 Å². The average Bonchev–Trinajstić information content (AvgIpc) is 2.26. The molecule has 90 valence electrons. The Balaban J connectivity index is 2.60. The second-order valence-electron chi connectivity index (χ2n) is 4.96. The summed E-state index contributed by atoms with van der Waals surface area (Å²) in [6, 6.07) is 0. The van der Waals surface area contributed by atoms with E-state index in [4.69, 9.17) is 4.74 Å². The maximum absolute atomic E-state index is 10.6. The predicted molar refractivity (Wildman–Crippen MR) is 62.9 cm³/mol. The minimum absolute atomic E-state index is 0.0619. The van der Waals surface area contributed by atoms with Gasteiger partial charge in [0.25, 0.3) is 0 Å². The number of aliphatic hydroxyl groups is 1. The third-order valence-electron chi connectivity index (χ3n) is 4.01. The van der Waals surface area contributed by atoms with Crippen LogP contribution in [0.1, 0.15) is 58.8 Å². The minimum Gasteiger partial charge on any atom is -0.387 e. The van der Waals surface area contributed by atoms with Crippen LogP contribution in [0.3, 0.4) is 0 Å². The van der Waals surface area contributed by atoms with Crippen LogP contribution in [0.25, 0.3) is 0 Å². The van der Waals surface area contributed by atoms with E-state index < -0.39 is 5.60 Å². The van der Waals surface area contributed by atoms with Gasteiger partial charge in [0.05, 0.1) is 11.7 Å². The van der Waals surface area contributed by atoms with Gasteiger partial charge in [0.1, 0.15) is 0 Å². The molecule has 1 fully saturated rings. The van der Waals surface area contributed by atoms with Crippen molar-refractivity contribution < 1.29 is 9.84 Å². The molecule has 0 spiro atoms. The van der Waals surface area contributed by atoms with Crippen LogP contribution in [-0.2, 0) is 4.74 Å². The molecule has 0 aromatic rings. The van der Waals surface area contributed by atoms with Crippen molar-refractivity contribution in [2.45, 2.75) is 70.5 Å². The Morgan fingerprint density at radius 2 is 2.00 bits per heavy atom. The summed E-state index contributed by atoms with van der Waals surface area (Å²) < 4.78 is 5.45. The fourth-order valence-corrected chi connectivity index (χ4v) is 2.84. The molecule has 0 heterocycles. The fourth-order valence-electron chi connectivity index (χ4n) is 2.84. The third-order valence-corrected chi connectivity index (χ3v) is 4.01. The van der Waals surface area contributed by atoms with Crippen molar-refractivity contribution in [3.8, 4) is 0 Å². The second kappa shape index (κ2) is 5.86. The van der Waals surface area contributed by atoms with Crippen molar-refractivity contribution >= 4 is 0 Å². The summed E-state index contributed by atoms with van der Waals surface area (Å²) in [6.45, 7) is 4.42. The molecule has 1 saturated carbocycles. The zero-order chi connectivity index (χ0) is 11.3. The van der Waals surface area contributed by atoms with Gasteiger partial charge in [-0.1, -0.05) is 39.5 Å². The lowest BCUT2D eigenvalue weighted by Crippen LogP contribution is -2.47. The second-order valence-corrected chi connectivity index (χ2v) is 4.96. The van der Waals surface area contributed by atoms with Crippen molar-refractivity contribution in [2.75, 3.05) is 7.11 Å². The van der Waals surface area contributed by atoms with Crippen molar-refractivity contribution in [3.63, 3.8) is 0 Å². The molecule has 0 amide bonds. The summed E-state index contributed by atoms with van der Waals surface area (Å²) in [4.78, 5) is 0. The highest BCUT2D eigenvalue weighted by atomic mass is 16.5. The normalized spacial score (nSPS) is 32.2. The van der Waals surface area contributed by atoms with Gasteiger partial charge in [0, 0.05) is 7.11 Å². The average molecular weight is 214 g/mol. The molecule has 2 nitrogen and oxygen atoms in total. The Bertz CT molecular complexity index is 177. The first-order valence-electron chi connectivity index (χ1n) is 6.41. The van der Waals surface area contributed by atoms with Crippen molar-refractivity contribution in [1.82, 2.24) is 0 Å². The zero-order valence-corrected chi connectivity index (χ0v) is 10.5. The monoisotopic (exact) mass is 214 g/mol. The van der Waals surface area contributed by atoms with Crippen molar-refractivity contribution in [3.05, 3.63) is 0 Å².